The number of carbonyl (C=O) groups excluding carboxylic acids is 2. The van der Waals surface area contributed by atoms with Crippen LogP contribution >= 0.6 is 0 Å². The highest BCUT2D eigenvalue weighted by molar-refractivity contribution is 7.91. The summed E-state index contributed by atoms with van der Waals surface area (Å²) < 4.78 is 30.1. The molecular formula is C16H21NO5S. The van der Waals surface area contributed by atoms with Gasteiger partial charge in [-0.1, -0.05) is 6.08 Å². The Balaban J connectivity index is 2.17. The van der Waals surface area contributed by atoms with Crippen molar-refractivity contribution in [3.05, 3.63) is 35.2 Å². The molecule has 126 valence electrons. The summed E-state index contributed by atoms with van der Waals surface area (Å²) in [5.74, 6) is -0.564. The largest absolute Gasteiger partial charge is 0.454 e. The number of hydrogen-bond donors (Lipinski definition) is 0. The first-order valence-electron chi connectivity index (χ1n) is 7.46. The molecule has 7 heteroatoms. The van der Waals surface area contributed by atoms with Gasteiger partial charge in [0.2, 0.25) is 5.78 Å². The van der Waals surface area contributed by atoms with Crippen molar-refractivity contribution in [3.63, 3.8) is 0 Å². The summed E-state index contributed by atoms with van der Waals surface area (Å²) in [5.41, 5.74) is 2.03. The molecule has 0 saturated carbocycles. The zero-order valence-corrected chi connectivity index (χ0v) is 14.4. The van der Waals surface area contributed by atoms with Crippen LogP contribution in [0, 0.1) is 13.8 Å². The maximum atomic E-state index is 12.2. The SMILES string of the molecule is C/C=C/C(=O)OCC(=O)c1cc(C)n([C@H]2CCS(=O)(=O)C2)c1C. The van der Waals surface area contributed by atoms with E-state index in [1.165, 1.54) is 6.08 Å². The predicted octanol–water partition coefficient (Wildman–Crippen LogP) is 1.77. The lowest BCUT2D eigenvalue weighted by Gasteiger charge is -2.16. The van der Waals surface area contributed by atoms with Gasteiger partial charge in [-0.05, 0) is 33.3 Å². The first-order valence-corrected chi connectivity index (χ1v) is 9.29. The number of allylic oxidation sites excluding steroid dienone is 1. The summed E-state index contributed by atoms with van der Waals surface area (Å²) in [5, 5.41) is 0. The number of nitrogens with zero attached hydrogens (tertiary/aromatic N) is 1. The highest BCUT2D eigenvalue weighted by Crippen LogP contribution is 2.29. The summed E-state index contributed by atoms with van der Waals surface area (Å²) in [4.78, 5) is 23.5. The van der Waals surface area contributed by atoms with Crippen molar-refractivity contribution < 1.29 is 22.7 Å². The number of sulfone groups is 1. The van der Waals surface area contributed by atoms with Crippen molar-refractivity contribution in [1.82, 2.24) is 4.57 Å². The van der Waals surface area contributed by atoms with Crippen molar-refractivity contribution in [3.8, 4) is 0 Å². The number of aromatic nitrogens is 1. The molecule has 2 rings (SSSR count). The van der Waals surface area contributed by atoms with Crippen LogP contribution in [0.15, 0.2) is 18.2 Å². The topological polar surface area (TPSA) is 82.4 Å². The van der Waals surface area contributed by atoms with Crippen molar-refractivity contribution >= 4 is 21.6 Å². The standard InChI is InChI=1S/C16H21NO5S/c1-4-5-16(19)22-9-15(18)14-8-11(2)17(12(14)3)13-6-7-23(20,21)10-13/h4-5,8,13H,6-7,9-10H2,1-3H3/b5-4+/t13-/m0/s1. The molecule has 0 aliphatic carbocycles. The average molecular weight is 339 g/mol. The molecule has 0 bridgehead atoms. The Bertz CT molecular complexity index is 758. The molecule has 0 N–H and O–H groups in total. The summed E-state index contributed by atoms with van der Waals surface area (Å²) in [7, 11) is -3.00. The Morgan fingerprint density at radius 3 is 2.65 bits per heavy atom. The minimum absolute atomic E-state index is 0.104. The number of ketones is 1. The second-order valence-electron chi connectivity index (χ2n) is 5.74. The third-order valence-corrected chi connectivity index (χ3v) is 5.76. The van der Waals surface area contributed by atoms with E-state index in [9.17, 15) is 18.0 Å². The van der Waals surface area contributed by atoms with Crippen molar-refractivity contribution in [2.24, 2.45) is 0 Å². The fourth-order valence-corrected chi connectivity index (χ4v) is 4.70. The van der Waals surface area contributed by atoms with Crippen molar-refractivity contribution in [2.45, 2.75) is 33.2 Å². The average Bonchev–Trinajstić information content (AvgIpc) is 2.96. The van der Waals surface area contributed by atoms with Gasteiger partial charge < -0.3 is 9.30 Å². The van der Waals surface area contributed by atoms with E-state index in [-0.39, 0.29) is 29.9 Å². The van der Waals surface area contributed by atoms with Gasteiger partial charge in [0.05, 0.1) is 11.5 Å². The van der Waals surface area contributed by atoms with E-state index in [4.69, 9.17) is 4.74 Å². The zero-order valence-electron chi connectivity index (χ0n) is 13.5. The molecule has 0 unspecified atom stereocenters. The van der Waals surface area contributed by atoms with E-state index in [0.29, 0.717) is 12.0 Å². The third-order valence-electron chi connectivity index (χ3n) is 4.01. The monoisotopic (exact) mass is 339 g/mol. The molecule has 23 heavy (non-hydrogen) atoms. The van der Waals surface area contributed by atoms with Gasteiger partial charge in [-0.15, -0.1) is 0 Å². The van der Waals surface area contributed by atoms with Gasteiger partial charge in [0, 0.05) is 29.1 Å². The van der Waals surface area contributed by atoms with Crippen LogP contribution in [0.5, 0.6) is 0 Å². The van der Waals surface area contributed by atoms with E-state index in [0.717, 1.165) is 11.4 Å². The van der Waals surface area contributed by atoms with Crippen LogP contribution in [0.4, 0.5) is 0 Å². The van der Waals surface area contributed by atoms with Gasteiger partial charge in [-0.3, -0.25) is 4.79 Å². The molecule has 0 aromatic carbocycles. The normalized spacial score (nSPS) is 20.0. The summed E-state index contributed by atoms with van der Waals surface area (Å²) in [6.07, 6.45) is 3.35. The molecule has 0 spiro atoms. The maximum Gasteiger partial charge on any atom is 0.330 e. The van der Waals surface area contributed by atoms with Crippen LogP contribution in [-0.2, 0) is 19.4 Å². The van der Waals surface area contributed by atoms with E-state index in [1.54, 1.807) is 26.0 Å². The molecule has 2 heterocycles. The van der Waals surface area contributed by atoms with E-state index >= 15 is 0 Å². The van der Waals surface area contributed by atoms with Gasteiger partial charge in [0.25, 0.3) is 0 Å². The molecular weight excluding hydrogens is 318 g/mol. The first-order chi connectivity index (χ1) is 10.7. The molecule has 0 radical (unpaired) electrons. The minimum atomic E-state index is -3.00. The number of aryl methyl sites for hydroxylation is 1. The highest BCUT2D eigenvalue weighted by Gasteiger charge is 2.31. The van der Waals surface area contributed by atoms with Gasteiger partial charge >= 0.3 is 5.97 Å². The fourth-order valence-electron chi connectivity index (χ4n) is 3.00. The first kappa shape index (κ1) is 17.5. The predicted molar refractivity (Wildman–Crippen MR) is 86.3 cm³/mol. The maximum absolute atomic E-state index is 12.2. The Labute approximate surface area is 136 Å². The van der Waals surface area contributed by atoms with E-state index in [2.05, 4.69) is 0 Å². The van der Waals surface area contributed by atoms with Crippen LogP contribution in [0.25, 0.3) is 0 Å². The number of ether oxygens (including phenoxy) is 1. The summed E-state index contributed by atoms with van der Waals surface area (Å²) in [6, 6.07) is 1.60. The lowest BCUT2D eigenvalue weighted by atomic mass is 10.1. The third kappa shape index (κ3) is 3.90. The second kappa shape index (κ2) is 6.70. The van der Waals surface area contributed by atoms with Crippen LogP contribution in [0.2, 0.25) is 0 Å². The lowest BCUT2D eigenvalue weighted by Crippen LogP contribution is -2.16. The molecule has 1 fully saturated rings. The summed E-state index contributed by atoms with van der Waals surface area (Å²) >= 11 is 0. The highest BCUT2D eigenvalue weighted by atomic mass is 32.2. The van der Waals surface area contributed by atoms with Gasteiger partial charge in [-0.2, -0.15) is 0 Å². The number of Topliss-reactive ketones (excluding diaryl/α,β-unsaturated/α-hetero) is 1. The van der Waals surface area contributed by atoms with Crippen LogP contribution in [0.1, 0.15) is 41.1 Å². The molecule has 1 atom stereocenters. The minimum Gasteiger partial charge on any atom is -0.454 e. The number of carbonyl (C=O) groups is 2. The zero-order chi connectivity index (χ0) is 17.2. The van der Waals surface area contributed by atoms with Crippen LogP contribution < -0.4 is 0 Å². The van der Waals surface area contributed by atoms with Gasteiger partial charge in [0.1, 0.15) is 0 Å². The Morgan fingerprint density at radius 2 is 2.09 bits per heavy atom. The lowest BCUT2D eigenvalue weighted by molar-refractivity contribution is -0.136. The van der Waals surface area contributed by atoms with E-state index < -0.39 is 15.8 Å². The number of rotatable bonds is 5. The quantitative estimate of drug-likeness (QED) is 0.464. The summed E-state index contributed by atoms with van der Waals surface area (Å²) in [6.45, 7) is 5.00. The van der Waals surface area contributed by atoms with E-state index in [1.807, 2.05) is 11.5 Å². The molecule has 1 aromatic heterocycles. The number of hydrogen-bond acceptors (Lipinski definition) is 5. The molecule has 1 aromatic rings. The second-order valence-corrected chi connectivity index (χ2v) is 7.97. The number of esters is 1. The molecule has 1 saturated heterocycles. The molecule has 1 aliphatic heterocycles. The smallest absolute Gasteiger partial charge is 0.330 e. The van der Waals surface area contributed by atoms with Crippen molar-refractivity contribution in [2.75, 3.05) is 18.1 Å². The molecule has 6 nitrogen and oxygen atoms in total. The molecule has 1 aliphatic rings. The Hall–Kier alpha value is -1.89. The van der Waals surface area contributed by atoms with Crippen LogP contribution in [0.3, 0.4) is 0 Å². The van der Waals surface area contributed by atoms with Crippen molar-refractivity contribution in [1.29, 1.82) is 0 Å². The Morgan fingerprint density at radius 1 is 1.39 bits per heavy atom. The molecule has 0 amide bonds. The van der Waals surface area contributed by atoms with Gasteiger partial charge in [0.15, 0.2) is 16.4 Å². The Kier molecular flexibility index (Phi) is 5.09. The van der Waals surface area contributed by atoms with Gasteiger partial charge in [-0.25, -0.2) is 13.2 Å². The van der Waals surface area contributed by atoms with Crippen LogP contribution in [-0.4, -0.2) is 42.9 Å². The fraction of sp³-hybridized carbons (Fsp3) is 0.500.